The lowest BCUT2D eigenvalue weighted by atomic mass is 10.1. The van der Waals surface area contributed by atoms with Crippen molar-refractivity contribution >= 4 is 22.7 Å². The Morgan fingerprint density at radius 2 is 1.70 bits per heavy atom. The average molecular weight is 409 g/mol. The van der Waals surface area contributed by atoms with Crippen LogP contribution in [0.5, 0.6) is 11.5 Å². The molecular formula is C22H23N3O5. The molecule has 1 atom stereocenters. The fraction of sp³-hybridized carbons (Fsp3) is 0.227. The van der Waals surface area contributed by atoms with Gasteiger partial charge in [-0.2, -0.15) is 0 Å². The maximum atomic E-state index is 12.6. The standard InChI is InChI=1S/C22H23N3O5/c1-4-29-15-9-11-16(12-10-15)30-14(2)21(27)23-24-22(28)18-13-20(26)25(3)19-8-6-5-7-17(18)19/h5-14H,4H2,1-3H3,(H,23,27)(H,24,28). The molecule has 0 saturated carbocycles. The van der Waals surface area contributed by atoms with Crippen molar-refractivity contribution in [2.75, 3.05) is 6.61 Å². The first-order valence-corrected chi connectivity index (χ1v) is 9.49. The van der Waals surface area contributed by atoms with Crippen LogP contribution in [0.15, 0.2) is 59.4 Å². The number of ether oxygens (including phenoxy) is 2. The smallest absolute Gasteiger partial charge is 0.279 e. The van der Waals surface area contributed by atoms with E-state index in [0.717, 1.165) is 0 Å². The van der Waals surface area contributed by atoms with Gasteiger partial charge in [0.25, 0.3) is 17.4 Å². The molecule has 3 rings (SSSR count). The SMILES string of the molecule is CCOc1ccc(OC(C)C(=O)NNC(=O)c2cc(=O)n(C)c3ccccc23)cc1. The minimum absolute atomic E-state index is 0.175. The van der Waals surface area contributed by atoms with Crippen LogP contribution in [0.2, 0.25) is 0 Å². The number of pyridine rings is 1. The van der Waals surface area contributed by atoms with Crippen molar-refractivity contribution in [3.8, 4) is 11.5 Å². The number of fused-ring (bicyclic) bond motifs is 1. The summed E-state index contributed by atoms with van der Waals surface area (Å²) in [5.41, 5.74) is 5.15. The lowest BCUT2D eigenvalue weighted by Gasteiger charge is -2.16. The van der Waals surface area contributed by atoms with Crippen molar-refractivity contribution in [1.29, 1.82) is 0 Å². The molecule has 0 bridgehead atoms. The van der Waals surface area contributed by atoms with Crippen LogP contribution in [-0.2, 0) is 11.8 Å². The van der Waals surface area contributed by atoms with E-state index >= 15 is 0 Å². The number of rotatable bonds is 6. The van der Waals surface area contributed by atoms with Crippen molar-refractivity contribution in [1.82, 2.24) is 15.4 Å². The van der Waals surface area contributed by atoms with Crippen molar-refractivity contribution in [2.45, 2.75) is 20.0 Å². The molecular weight excluding hydrogens is 386 g/mol. The van der Waals surface area contributed by atoms with Crippen LogP contribution in [0.4, 0.5) is 0 Å². The highest BCUT2D eigenvalue weighted by molar-refractivity contribution is 6.06. The van der Waals surface area contributed by atoms with E-state index in [-0.39, 0.29) is 11.1 Å². The molecule has 1 aromatic heterocycles. The van der Waals surface area contributed by atoms with Crippen LogP contribution in [-0.4, -0.2) is 29.1 Å². The number of amides is 2. The topological polar surface area (TPSA) is 98.7 Å². The summed E-state index contributed by atoms with van der Waals surface area (Å²) in [7, 11) is 1.63. The lowest BCUT2D eigenvalue weighted by molar-refractivity contribution is -0.128. The van der Waals surface area contributed by atoms with Crippen molar-refractivity contribution in [3.05, 3.63) is 70.5 Å². The zero-order valence-electron chi connectivity index (χ0n) is 17.0. The van der Waals surface area contributed by atoms with Gasteiger partial charge < -0.3 is 14.0 Å². The summed E-state index contributed by atoms with van der Waals surface area (Å²) < 4.78 is 12.4. The van der Waals surface area contributed by atoms with Crippen LogP contribution in [0, 0.1) is 0 Å². The molecule has 0 radical (unpaired) electrons. The molecule has 2 amide bonds. The van der Waals surface area contributed by atoms with Gasteiger partial charge in [-0.3, -0.25) is 25.2 Å². The van der Waals surface area contributed by atoms with E-state index in [1.54, 1.807) is 62.5 Å². The summed E-state index contributed by atoms with van der Waals surface area (Å²) in [6, 6.07) is 15.2. The number of aromatic nitrogens is 1. The molecule has 2 aromatic carbocycles. The van der Waals surface area contributed by atoms with Gasteiger partial charge in [0.1, 0.15) is 11.5 Å². The minimum Gasteiger partial charge on any atom is -0.494 e. The third-order valence-electron chi connectivity index (χ3n) is 4.51. The average Bonchev–Trinajstić information content (AvgIpc) is 2.75. The molecule has 2 N–H and O–H groups in total. The largest absolute Gasteiger partial charge is 0.494 e. The minimum atomic E-state index is -0.858. The fourth-order valence-corrected chi connectivity index (χ4v) is 2.92. The Morgan fingerprint density at radius 1 is 1.03 bits per heavy atom. The molecule has 8 heteroatoms. The fourth-order valence-electron chi connectivity index (χ4n) is 2.92. The maximum Gasteiger partial charge on any atom is 0.279 e. The highest BCUT2D eigenvalue weighted by Crippen LogP contribution is 2.19. The summed E-state index contributed by atoms with van der Waals surface area (Å²) in [6.45, 7) is 4.01. The quantitative estimate of drug-likeness (QED) is 0.608. The van der Waals surface area contributed by atoms with E-state index in [4.69, 9.17) is 9.47 Å². The Balaban J connectivity index is 1.64. The molecule has 0 aliphatic carbocycles. The number of aryl methyl sites for hydroxylation is 1. The second-order valence-electron chi connectivity index (χ2n) is 6.58. The number of nitrogens with zero attached hydrogens (tertiary/aromatic N) is 1. The van der Waals surface area contributed by atoms with Gasteiger partial charge in [-0.1, -0.05) is 18.2 Å². The zero-order chi connectivity index (χ0) is 21.7. The summed E-state index contributed by atoms with van der Waals surface area (Å²) in [6.07, 6.45) is -0.858. The van der Waals surface area contributed by atoms with E-state index < -0.39 is 17.9 Å². The van der Waals surface area contributed by atoms with Gasteiger partial charge in [0.05, 0.1) is 17.7 Å². The Bertz CT molecular complexity index is 1120. The van der Waals surface area contributed by atoms with E-state index in [1.165, 1.54) is 10.6 Å². The Labute approximate surface area is 173 Å². The molecule has 1 unspecified atom stereocenters. The van der Waals surface area contributed by atoms with Gasteiger partial charge in [0.15, 0.2) is 6.10 Å². The first-order valence-electron chi connectivity index (χ1n) is 9.49. The molecule has 0 spiro atoms. The third kappa shape index (κ3) is 4.60. The summed E-state index contributed by atoms with van der Waals surface area (Å²) in [5.74, 6) is 0.0660. The normalized spacial score (nSPS) is 11.6. The van der Waals surface area contributed by atoms with Gasteiger partial charge in [-0.15, -0.1) is 0 Å². The highest BCUT2D eigenvalue weighted by atomic mass is 16.5. The molecule has 8 nitrogen and oxygen atoms in total. The Kier molecular flexibility index (Phi) is 6.36. The predicted octanol–water partition coefficient (Wildman–Crippen LogP) is 2.17. The monoisotopic (exact) mass is 409 g/mol. The van der Waals surface area contributed by atoms with Crippen LogP contribution < -0.4 is 25.9 Å². The van der Waals surface area contributed by atoms with E-state index in [2.05, 4.69) is 10.9 Å². The van der Waals surface area contributed by atoms with Gasteiger partial charge in [0.2, 0.25) is 0 Å². The van der Waals surface area contributed by atoms with Crippen LogP contribution in [0.25, 0.3) is 10.9 Å². The number of hydrogen-bond acceptors (Lipinski definition) is 5. The number of carbonyl (C=O) groups is 2. The van der Waals surface area contributed by atoms with E-state index in [1.807, 2.05) is 6.92 Å². The van der Waals surface area contributed by atoms with Crippen molar-refractivity contribution in [2.24, 2.45) is 7.05 Å². The number of hydrazine groups is 1. The third-order valence-corrected chi connectivity index (χ3v) is 4.51. The van der Waals surface area contributed by atoms with Gasteiger partial charge in [-0.25, -0.2) is 0 Å². The molecule has 0 aliphatic rings. The predicted molar refractivity (Wildman–Crippen MR) is 112 cm³/mol. The second kappa shape index (κ2) is 9.13. The van der Waals surface area contributed by atoms with E-state index in [9.17, 15) is 14.4 Å². The molecule has 0 fully saturated rings. The number of benzene rings is 2. The lowest BCUT2D eigenvalue weighted by Crippen LogP contribution is -2.47. The maximum absolute atomic E-state index is 12.6. The molecule has 30 heavy (non-hydrogen) atoms. The van der Waals surface area contributed by atoms with Gasteiger partial charge in [0, 0.05) is 18.5 Å². The van der Waals surface area contributed by atoms with Gasteiger partial charge >= 0.3 is 0 Å². The first-order chi connectivity index (χ1) is 14.4. The van der Waals surface area contributed by atoms with Crippen LogP contribution >= 0.6 is 0 Å². The second-order valence-corrected chi connectivity index (χ2v) is 6.58. The summed E-state index contributed by atoms with van der Waals surface area (Å²) in [4.78, 5) is 37.0. The van der Waals surface area contributed by atoms with Crippen molar-refractivity contribution in [3.63, 3.8) is 0 Å². The van der Waals surface area contributed by atoms with E-state index in [0.29, 0.717) is 29.0 Å². The number of para-hydroxylation sites is 1. The molecule has 156 valence electrons. The summed E-state index contributed by atoms with van der Waals surface area (Å²) in [5, 5.41) is 0.602. The molecule has 1 heterocycles. The number of nitrogens with one attached hydrogen (secondary N) is 2. The van der Waals surface area contributed by atoms with Gasteiger partial charge in [-0.05, 0) is 44.2 Å². The zero-order valence-corrected chi connectivity index (χ0v) is 17.0. The molecule has 0 saturated heterocycles. The Hall–Kier alpha value is -3.81. The first kappa shape index (κ1) is 20.9. The van der Waals surface area contributed by atoms with Crippen molar-refractivity contribution < 1.29 is 19.1 Å². The van der Waals surface area contributed by atoms with Crippen LogP contribution in [0.3, 0.4) is 0 Å². The number of carbonyl (C=O) groups excluding carboxylic acids is 2. The van der Waals surface area contributed by atoms with Crippen LogP contribution in [0.1, 0.15) is 24.2 Å². The Morgan fingerprint density at radius 3 is 2.40 bits per heavy atom. The molecule has 3 aromatic rings. The summed E-state index contributed by atoms with van der Waals surface area (Å²) >= 11 is 0. The number of hydrogen-bond donors (Lipinski definition) is 2. The highest BCUT2D eigenvalue weighted by Gasteiger charge is 2.18. The molecule has 0 aliphatic heterocycles.